The van der Waals surface area contributed by atoms with Crippen LogP contribution in [0.15, 0.2) is 24.3 Å². The van der Waals surface area contributed by atoms with Crippen LogP contribution in [-0.4, -0.2) is 29.8 Å². The molecule has 21 heavy (non-hydrogen) atoms. The topological polar surface area (TPSA) is 75.4 Å². The van der Waals surface area contributed by atoms with E-state index in [1.165, 1.54) is 0 Å². The Morgan fingerprint density at radius 3 is 2.86 bits per heavy atom. The van der Waals surface area contributed by atoms with E-state index >= 15 is 0 Å². The lowest BCUT2D eigenvalue weighted by atomic mass is 9.98. The highest BCUT2D eigenvalue weighted by Crippen LogP contribution is 2.21. The lowest BCUT2D eigenvalue weighted by molar-refractivity contribution is -0.134. The van der Waals surface area contributed by atoms with Crippen LogP contribution < -0.4 is 11.1 Å². The molecule has 0 aromatic heterocycles. The van der Waals surface area contributed by atoms with Crippen molar-refractivity contribution >= 4 is 23.2 Å². The number of likely N-dealkylation sites (tertiary alicyclic amines) is 1. The monoisotopic (exact) mass is 289 g/mol. The molecule has 0 aliphatic carbocycles. The summed E-state index contributed by atoms with van der Waals surface area (Å²) in [6.07, 6.45) is 3.54. The molecule has 1 fully saturated rings. The molecule has 1 unspecified atom stereocenters. The van der Waals surface area contributed by atoms with Crippen molar-refractivity contribution in [3.63, 3.8) is 0 Å². The Morgan fingerprint density at radius 1 is 1.38 bits per heavy atom. The van der Waals surface area contributed by atoms with E-state index in [0.29, 0.717) is 30.3 Å². The number of carbonyl (C=O) groups excluding carboxylic acids is 2. The van der Waals surface area contributed by atoms with Crippen LogP contribution in [0.5, 0.6) is 0 Å². The maximum Gasteiger partial charge on any atom is 0.244 e. The molecular weight excluding hydrogens is 266 g/mol. The molecule has 0 radical (unpaired) electrons. The normalized spacial score (nSPS) is 19.2. The van der Waals surface area contributed by atoms with E-state index in [9.17, 15) is 9.59 Å². The van der Waals surface area contributed by atoms with Gasteiger partial charge in [-0.1, -0.05) is 25.5 Å². The summed E-state index contributed by atoms with van der Waals surface area (Å²) >= 11 is 0. The number of hydrogen-bond acceptors (Lipinski definition) is 3. The first-order chi connectivity index (χ1) is 10.1. The molecule has 2 rings (SSSR count). The predicted octanol–water partition coefficient (Wildman–Crippen LogP) is 2.25. The van der Waals surface area contributed by atoms with Gasteiger partial charge in [0.05, 0.1) is 17.9 Å². The molecule has 1 aliphatic rings. The number of nitrogen functional groups attached to an aromatic ring is 1. The van der Waals surface area contributed by atoms with E-state index in [1.54, 1.807) is 17.0 Å². The quantitative estimate of drug-likeness (QED) is 0.835. The summed E-state index contributed by atoms with van der Waals surface area (Å²) in [6.45, 7) is 2.91. The third-order valence-electron chi connectivity index (χ3n) is 4.07. The summed E-state index contributed by atoms with van der Waals surface area (Å²) in [5.74, 6) is 0.463. The maximum absolute atomic E-state index is 12.1. The minimum Gasteiger partial charge on any atom is -0.397 e. The van der Waals surface area contributed by atoms with Crippen LogP contribution in [0.2, 0.25) is 0 Å². The number of carbonyl (C=O) groups is 2. The van der Waals surface area contributed by atoms with Gasteiger partial charge in [0.15, 0.2) is 0 Å². The first-order valence-corrected chi connectivity index (χ1v) is 7.52. The standard InChI is InChI=1S/C16H23N3O2/c1-2-12-7-8-16(21)19(10-9-12)11-15(20)18-14-6-4-3-5-13(14)17/h3-6,12H,2,7-11,17H2,1H3,(H,18,20). The van der Waals surface area contributed by atoms with Gasteiger partial charge in [0.1, 0.15) is 0 Å². The molecule has 0 bridgehead atoms. The zero-order valence-electron chi connectivity index (χ0n) is 12.5. The Kier molecular flexibility index (Phi) is 5.20. The Labute approximate surface area is 125 Å². The number of amides is 2. The Balaban J connectivity index is 1.92. The van der Waals surface area contributed by atoms with Crippen molar-refractivity contribution in [1.82, 2.24) is 4.90 Å². The van der Waals surface area contributed by atoms with Gasteiger partial charge in [-0.3, -0.25) is 9.59 Å². The SMILES string of the molecule is CCC1CCC(=O)N(CC(=O)Nc2ccccc2N)CC1. The van der Waals surface area contributed by atoms with Gasteiger partial charge in [0.2, 0.25) is 11.8 Å². The number of rotatable bonds is 4. The van der Waals surface area contributed by atoms with Gasteiger partial charge in [-0.2, -0.15) is 0 Å². The number of nitrogens with one attached hydrogen (secondary N) is 1. The van der Waals surface area contributed by atoms with Crippen LogP contribution >= 0.6 is 0 Å². The second-order valence-electron chi connectivity index (χ2n) is 5.55. The molecule has 0 saturated carbocycles. The van der Waals surface area contributed by atoms with Crippen molar-refractivity contribution in [2.24, 2.45) is 5.92 Å². The van der Waals surface area contributed by atoms with Crippen LogP contribution in [-0.2, 0) is 9.59 Å². The lowest BCUT2D eigenvalue weighted by Crippen LogP contribution is -2.37. The molecule has 114 valence electrons. The molecular formula is C16H23N3O2. The highest BCUT2D eigenvalue weighted by Gasteiger charge is 2.23. The van der Waals surface area contributed by atoms with E-state index in [0.717, 1.165) is 19.3 Å². The number of anilines is 2. The lowest BCUT2D eigenvalue weighted by Gasteiger charge is -2.20. The fourth-order valence-electron chi connectivity index (χ4n) is 2.64. The molecule has 1 heterocycles. The molecule has 1 aromatic rings. The van der Waals surface area contributed by atoms with Gasteiger partial charge < -0.3 is 16.0 Å². The van der Waals surface area contributed by atoms with Gasteiger partial charge in [-0.05, 0) is 30.9 Å². The molecule has 1 aromatic carbocycles. The summed E-state index contributed by atoms with van der Waals surface area (Å²) < 4.78 is 0. The third-order valence-corrected chi connectivity index (χ3v) is 4.07. The van der Waals surface area contributed by atoms with Crippen molar-refractivity contribution < 1.29 is 9.59 Å². The Hall–Kier alpha value is -2.04. The largest absolute Gasteiger partial charge is 0.397 e. The minimum absolute atomic E-state index is 0.0714. The number of nitrogens with two attached hydrogens (primary N) is 1. The first-order valence-electron chi connectivity index (χ1n) is 7.52. The summed E-state index contributed by atoms with van der Waals surface area (Å²) in [4.78, 5) is 25.8. The molecule has 0 spiro atoms. The minimum atomic E-state index is -0.198. The number of para-hydroxylation sites is 2. The van der Waals surface area contributed by atoms with Crippen LogP contribution in [0.3, 0.4) is 0 Å². The van der Waals surface area contributed by atoms with Crippen LogP contribution in [0.1, 0.15) is 32.6 Å². The number of benzene rings is 1. The molecule has 2 amide bonds. The highest BCUT2D eigenvalue weighted by atomic mass is 16.2. The van der Waals surface area contributed by atoms with Crippen molar-refractivity contribution in [1.29, 1.82) is 0 Å². The van der Waals surface area contributed by atoms with E-state index in [-0.39, 0.29) is 18.4 Å². The van der Waals surface area contributed by atoms with Gasteiger partial charge in [0, 0.05) is 13.0 Å². The van der Waals surface area contributed by atoms with Gasteiger partial charge >= 0.3 is 0 Å². The highest BCUT2D eigenvalue weighted by molar-refractivity contribution is 5.96. The van der Waals surface area contributed by atoms with Gasteiger partial charge in [-0.25, -0.2) is 0 Å². The Morgan fingerprint density at radius 2 is 2.14 bits per heavy atom. The zero-order chi connectivity index (χ0) is 15.2. The van der Waals surface area contributed by atoms with Gasteiger partial charge in [-0.15, -0.1) is 0 Å². The van der Waals surface area contributed by atoms with E-state index < -0.39 is 0 Å². The van der Waals surface area contributed by atoms with Crippen molar-refractivity contribution in [3.8, 4) is 0 Å². The average molecular weight is 289 g/mol. The molecule has 1 saturated heterocycles. The van der Waals surface area contributed by atoms with Crippen LogP contribution in [0.4, 0.5) is 11.4 Å². The summed E-state index contributed by atoms with van der Waals surface area (Å²) in [5.41, 5.74) is 6.92. The fraction of sp³-hybridized carbons (Fsp3) is 0.500. The predicted molar refractivity (Wildman–Crippen MR) is 83.7 cm³/mol. The van der Waals surface area contributed by atoms with Crippen molar-refractivity contribution in [3.05, 3.63) is 24.3 Å². The number of hydrogen-bond donors (Lipinski definition) is 2. The molecule has 3 N–H and O–H groups in total. The second-order valence-corrected chi connectivity index (χ2v) is 5.55. The fourth-order valence-corrected chi connectivity index (χ4v) is 2.64. The molecule has 1 atom stereocenters. The van der Waals surface area contributed by atoms with Gasteiger partial charge in [0.25, 0.3) is 0 Å². The summed E-state index contributed by atoms with van der Waals surface area (Å²) in [7, 11) is 0. The second kappa shape index (κ2) is 7.11. The smallest absolute Gasteiger partial charge is 0.244 e. The Bertz CT molecular complexity index is 516. The average Bonchev–Trinajstić information content (AvgIpc) is 2.64. The molecule has 5 nitrogen and oxygen atoms in total. The van der Waals surface area contributed by atoms with Crippen LogP contribution in [0.25, 0.3) is 0 Å². The van der Waals surface area contributed by atoms with Crippen molar-refractivity contribution in [2.45, 2.75) is 32.6 Å². The molecule has 5 heteroatoms. The summed E-state index contributed by atoms with van der Waals surface area (Å²) in [5, 5.41) is 2.77. The van der Waals surface area contributed by atoms with E-state index in [2.05, 4.69) is 12.2 Å². The summed E-state index contributed by atoms with van der Waals surface area (Å²) in [6, 6.07) is 7.12. The van der Waals surface area contributed by atoms with Crippen LogP contribution in [0, 0.1) is 5.92 Å². The zero-order valence-corrected chi connectivity index (χ0v) is 12.5. The first kappa shape index (κ1) is 15.4. The van der Waals surface area contributed by atoms with E-state index in [1.807, 2.05) is 12.1 Å². The maximum atomic E-state index is 12.1. The number of nitrogens with zero attached hydrogens (tertiary/aromatic N) is 1. The third kappa shape index (κ3) is 4.21. The van der Waals surface area contributed by atoms with E-state index in [4.69, 9.17) is 5.73 Å². The van der Waals surface area contributed by atoms with Crippen molar-refractivity contribution in [2.75, 3.05) is 24.1 Å². The molecule has 1 aliphatic heterocycles.